The van der Waals surface area contributed by atoms with E-state index in [4.69, 9.17) is 9.47 Å². The number of hydrogen-bond donors (Lipinski definition) is 1. The first-order valence-corrected chi connectivity index (χ1v) is 7.17. The minimum atomic E-state index is -4.07. The Hall–Kier alpha value is -1.59. The van der Waals surface area contributed by atoms with Gasteiger partial charge in [-0.25, -0.2) is 0 Å². The molecule has 3 nitrogen and oxygen atoms in total. The zero-order valence-corrected chi connectivity index (χ0v) is 12.0. The van der Waals surface area contributed by atoms with Gasteiger partial charge in [0.25, 0.3) is 0 Å². The Morgan fingerprint density at radius 3 is 2.62 bits per heavy atom. The van der Waals surface area contributed by atoms with Crippen molar-refractivity contribution in [3.05, 3.63) is 18.2 Å². The minimum absolute atomic E-state index is 0.0305. The SMILES string of the molecule is CC(CCCC(F)(F)F)Nc1ccc2c(c1)OCCCO2. The van der Waals surface area contributed by atoms with Crippen molar-refractivity contribution in [2.24, 2.45) is 0 Å². The van der Waals surface area contributed by atoms with Gasteiger partial charge in [-0.15, -0.1) is 0 Å². The highest BCUT2D eigenvalue weighted by Crippen LogP contribution is 2.32. The number of fused-ring (bicyclic) bond motifs is 1. The van der Waals surface area contributed by atoms with Gasteiger partial charge in [0.2, 0.25) is 0 Å². The molecular weight excluding hydrogens is 283 g/mol. The van der Waals surface area contributed by atoms with Gasteiger partial charge in [-0.2, -0.15) is 13.2 Å². The highest BCUT2D eigenvalue weighted by molar-refractivity contribution is 5.55. The van der Waals surface area contributed by atoms with Crippen LogP contribution in [0.1, 0.15) is 32.6 Å². The van der Waals surface area contributed by atoms with E-state index in [-0.39, 0.29) is 12.5 Å². The molecule has 0 bridgehead atoms. The topological polar surface area (TPSA) is 30.5 Å². The maximum absolute atomic E-state index is 12.1. The summed E-state index contributed by atoms with van der Waals surface area (Å²) >= 11 is 0. The molecule has 1 aliphatic heterocycles. The van der Waals surface area contributed by atoms with Crippen LogP contribution in [0.25, 0.3) is 0 Å². The largest absolute Gasteiger partial charge is 0.490 e. The zero-order chi connectivity index (χ0) is 15.3. The fourth-order valence-corrected chi connectivity index (χ4v) is 2.22. The lowest BCUT2D eigenvalue weighted by molar-refractivity contribution is -0.135. The summed E-state index contributed by atoms with van der Waals surface area (Å²) in [5.41, 5.74) is 0.832. The van der Waals surface area contributed by atoms with E-state index in [0.717, 1.165) is 12.1 Å². The van der Waals surface area contributed by atoms with Gasteiger partial charge in [0, 0.05) is 30.6 Å². The molecule has 0 aromatic heterocycles. The number of alkyl halides is 3. The molecular formula is C15H20F3NO2. The average molecular weight is 303 g/mol. The molecule has 1 atom stereocenters. The summed E-state index contributed by atoms with van der Waals surface area (Å²) in [6.07, 6.45) is -3.38. The van der Waals surface area contributed by atoms with Crippen LogP contribution in [0, 0.1) is 0 Å². The van der Waals surface area contributed by atoms with Gasteiger partial charge in [0.15, 0.2) is 11.5 Å². The van der Waals surface area contributed by atoms with E-state index < -0.39 is 12.6 Å². The molecule has 1 unspecified atom stereocenters. The molecule has 0 amide bonds. The Labute approximate surface area is 122 Å². The first-order valence-electron chi connectivity index (χ1n) is 7.17. The highest BCUT2D eigenvalue weighted by Gasteiger charge is 2.26. The highest BCUT2D eigenvalue weighted by atomic mass is 19.4. The average Bonchev–Trinajstić information content (AvgIpc) is 2.61. The van der Waals surface area contributed by atoms with Crippen LogP contribution in [-0.4, -0.2) is 25.4 Å². The van der Waals surface area contributed by atoms with Crippen molar-refractivity contribution in [1.29, 1.82) is 0 Å². The van der Waals surface area contributed by atoms with Gasteiger partial charge in [-0.05, 0) is 31.9 Å². The van der Waals surface area contributed by atoms with E-state index in [1.807, 2.05) is 25.1 Å². The van der Waals surface area contributed by atoms with E-state index in [1.54, 1.807) is 0 Å². The number of rotatable bonds is 5. The molecule has 0 radical (unpaired) electrons. The van der Waals surface area contributed by atoms with E-state index in [2.05, 4.69) is 5.32 Å². The lowest BCUT2D eigenvalue weighted by Gasteiger charge is -2.17. The third-order valence-corrected chi connectivity index (χ3v) is 3.26. The predicted octanol–water partition coefficient (Wildman–Crippen LogP) is 4.38. The van der Waals surface area contributed by atoms with Crippen LogP contribution in [0.2, 0.25) is 0 Å². The van der Waals surface area contributed by atoms with Crippen molar-refractivity contribution in [2.45, 2.75) is 44.8 Å². The van der Waals surface area contributed by atoms with Crippen molar-refractivity contribution < 1.29 is 22.6 Å². The van der Waals surface area contributed by atoms with Gasteiger partial charge < -0.3 is 14.8 Å². The van der Waals surface area contributed by atoms with Crippen molar-refractivity contribution in [2.75, 3.05) is 18.5 Å². The Kier molecular flexibility index (Phi) is 5.20. The molecule has 1 aliphatic rings. The minimum Gasteiger partial charge on any atom is -0.490 e. The predicted molar refractivity (Wildman–Crippen MR) is 75.0 cm³/mol. The van der Waals surface area contributed by atoms with E-state index in [1.165, 1.54) is 0 Å². The van der Waals surface area contributed by atoms with Gasteiger partial charge in [-0.3, -0.25) is 0 Å². The number of benzene rings is 1. The van der Waals surface area contributed by atoms with E-state index in [9.17, 15) is 13.2 Å². The molecule has 0 fully saturated rings. The van der Waals surface area contributed by atoms with Crippen LogP contribution in [0.15, 0.2) is 18.2 Å². The first kappa shape index (κ1) is 15.8. The van der Waals surface area contributed by atoms with Crippen LogP contribution < -0.4 is 14.8 Å². The summed E-state index contributed by atoms with van der Waals surface area (Å²) in [7, 11) is 0. The molecule has 1 aromatic rings. The Balaban J connectivity index is 1.86. The molecule has 0 saturated heterocycles. The zero-order valence-electron chi connectivity index (χ0n) is 12.0. The molecule has 0 spiro atoms. The molecule has 1 aromatic carbocycles. The van der Waals surface area contributed by atoms with Crippen molar-refractivity contribution in [3.63, 3.8) is 0 Å². The molecule has 0 saturated carbocycles. The van der Waals surface area contributed by atoms with Crippen molar-refractivity contribution in [3.8, 4) is 11.5 Å². The van der Waals surface area contributed by atoms with Gasteiger partial charge in [0.1, 0.15) is 0 Å². The maximum Gasteiger partial charge on any atom is 0.389 e. The second kappa shape index (κ2) is 6.91. The van der Waals surface area contributed by atoms with E-state index >= 15 is 0 Å². The standard InChI is InChI=1S/C15H20F3NO2/c1-11(4-2-7-15(16,17)18)19-12-5-6-13-14(10-12)21-9-3-8-20-13/h5-6,10-11,19H,2-4,7-9H2,1H3. The Bertz CT molecular complexity index is 463. The van der Waals surface area contributed by atoms with Crippen LogP contribution in [0.4, 0.5) is 18.9 Å². The van der Waals surface area contributed by atoms with Gasteiger partial charge in [0.05, 0.1) is 13.2 Å². The lowest BCUT2D eigenvalue weighted by Crippen LogP contribution is -2.16. The quantitative estimate of drug-likeness (QED) is 0.875. The smallest absolute Gasteiger partial charge is 0.389 e. The lowest BCUT2D eigenvalue weighted by atomic mass is 10.1. The van der Waals surface area contributed by atoms with Crippen molar-refractivity contribution in [1.82, 2.24) is 0 Å². The summed E-state index contributed by atoms with van der Waals surface area (Å²) < 4.78 is 47.4. The third-order valence-electron chi connectivity index (χ3n) is 3.26. The summed E-state index contributed by atoms with van der Waals surface area (Å²) in [5.74, 6) is 1.39. The van der Waals surface area contributed by atoms with Crippen LogP contribution in [0.3, 0.4) is 0 Å². The van der Waals surface area contributed by atoms with Gasteiger partial charge in [-0.1, -0.05) is 0 Å². The summed E-state index contributed by atoms with van der Waals surface area (Å²) in [6.45, 7) is 3.12. The molecule has 6 heteroatoms. The monoisotopic (exact) mass is 303 g/mol. The summed E-state index contributed by atoms with van der Waals surface area (Å²) in [6, 6.07) is 5.48. The second-order valence-electron chi connectivity index (χ2n) is 5.26. The molecule has 21 heavy (non-hydrogen) atoms. The fourth-order valence-electron chi connectivity index (χ4n) is 2.22. The van der Waals surface area contributed by atoms with Crippen LogP contribution in [-0.2, 0) is 0 Å². The van der Waals surface area contributed by atoms with E-state index in [0.29, 0.717) is 31.1 Å². The number of anilines is 1. The third kappa shape index (κ3) is 5.36. The molecule has 0 aliphatic carbocycles. The normalized spacial score (nSPS) is 16.2. The molecule has 2 rings (SSSR count). The first-order chi connectivity index (χ1) is 9.94. The Morgan fingerprint density at radius 1 is 1.19 bits per heavy atom. The second-order valence-corrected chi connectivity index (χ2v) is 5.26. The molecule has 118 valence electrons. The van der Waals surface area contributed by atoms with Crippen LogP contribution >= 0.6 is 0 Å². The summed E-state index contributed by atoms with van der Waals surface area (Å²) in [5, 5.41) is 3.20. The number of halogens is 3. The summed E-state index contributed by atoms with van der Waals surface area (Å²) in [4.78, 5) is 0. The number of ether oxygens (including phenoxy) is 2. The molecule has 1 N–H and O–H groups in total. The van der Waals surface area contributed by atoms with Gasteiger partial charge >= 0.3 is 6.18 Å². The Morgan fingerprint density at radius 2 is 1.90 bits per heavy atom. The maximum atomic E-state index is 12.1. The molecule has 1 heterocycles. The number of nitrogens with one attached hydrogen (secondary N) is 1. The van der Waals surface area contributed by atoms with Crippen LogP contribution in [0.5, 0.6) is 11.5 Å². The van der Waals surface area contributed by atoms with Crippen molar-refractivity contribution >= 4 is 5.69 Å². The number of hydrogen-bond acceptors (Lipinski definition) is 3. The fraction of sp³-hybridized carbons (Fsp3) is 0.600.